The minimum Gasteiger partial charge on any atom is -0.311 e. The number of para-hydroxylation sites is 6. The molecule has 20 rings (SSSR count). The Kier molecular flexibility index (Phi) is 12.5. The lowest BCUT2D eigenvalue weighted by Gasteiger charge is -2.45. The Bertz CT molecular complexity index is 6210. The molecule has 470 valence electrons. The first-order valence-corrected chi connectivity index (χ1v) is 35.5. The van der Waals surface area contributed by atoms with Gasteiger partial charge in [-0.3, -0.25) is 0 Å². The minimum absolute atomic E-state index is 0.0781. The van der Waals surface area contributed by atoms with E-state index in [2.05, 4.69) is 368 Å². The number of benzene rings is 14. The maximum atomic E-state index is 2.69. The van der Waals surface area contributed by atoms with E-state index in [1.54, 1.807) is 0 Å². The van der Waals surface area contributed by atoms with Gasteiger partial charge in [0.25, 0.3) is 6.71 Å². The Hall–Kier alpha value is -11.6. The van der Waals surface area contributed by atoms with E-state index in [4.69, 9.17) is 0 Å². The summed E-state index contributed by atoms with van der Waals surface area (Å²) in [6.45, 7) is 13.8. The van der Waals surface area contributed by atoms with Crippen LogP contribution in [0.5, 0.6) is 0 Å². The van der Waals surface area contributed by atoms with Crippen LogP contribution in [0, 0.1) is 0 Å². The number of anilines is 6. The summed E-state index contributed by atoms with van der Waals surface area (Å²) in [6.07, 6.45) is 0. The van der Waals surface area contributed by atoms with E-state index in [-0.39, 0.29) is 17.5 Å². The predicted octanol–water partition coefficient (Wildman–Crippen LogP) is 23.4. The molecule has 0 saturated carbocycles. The summed E-state index contributed by atoms with van der Waals surface area (Å²) in [5, 5.41) is 9.94. The molecule has 7 heteroatoms. The summed E-state index contributed by atoms with van der Waals surface area (Å²) in [5.41, 5.74) is 28.0. The Morgan fingerprint density at radius 2 is 0.687 bits per heavy atom. The second-order valence-corrected chi connectivity index (χ2v) is 30.2. The summed E-state index contributed by atoms with van der Waals surface area (Å²) in [5.74, 6) is 0. The molecule has 0 amide bonds. The molecule has 0 atom stereocenters. The van der Waals surface area contributed by atoms with Gasteiger partial charge in [-0.1, -0.05) is 248 Å². The molecule has 0 radical (unpaired) electrons. The average molecular weight is 1290 g/mol. The SMILES string of the molecule is CC(C)(C)c1ccc2c(c1)c1cc(C(C)(C)C)ccc1n2-c1cc2c3c(c1)N(c1ccccc1-c1ccccc1)c1cc(-n4c5ccccc5c5ccccc54)c4c(sc5ccccc54)c1B3c1ccc(-n3c4ccccc4c4ccccc43)cc1N2c1ccccc1-c1ccccc1. The van der Waals surface area contributed by atoms with Gasteiger partial charge in [-0.25, -0.2) is 0 Å². The molecule has 0 unspecified atom stereocenters. The first-order chi connectivity index (χ1) is 48.4. The van der Waals surface area contributed by atoms with Gasteiger partial charge in [0.15, 0.2) is 0 Å². The maximum absolute atomic E-state index is 2.69. The van der Waals surface area contributed by atoms with Crippen molar-refractivity contribution in [2.75, 3.05) is 9.80 Å². The van der Waals surface area contributed by atoms with Crippen molar-refractivity contribution in [3.05, 3.63) is 314 Å². The van der Waals surface area contributed by atoms with Crippen molar-refractivity contribution in [1.82, 2.24) is 13.7 Å². The molecule has 14 aromatic carbocycles. The summed E-state index contributed by atoms with van der Waals surface area (Å²) in [7, 11) is 0. The van der Waals surface area contributed by atoms with Crippen molar-refractivity contribution >= 4 is 154 Å². The van der Waals surface area contributed by atoms with E-state index in [0.717, 1.165) is 73.4 Å². The largest absolute Gasteiger partial charge is 0.311 e. The normalized spacial score (nSPS) is 13.1. The van der Waals surface area contributed by atoms with E-state index >= 15 is 0 Å². The van der Waals surface area contributed by atoms with Crippen LogP contribution in [0.15, 0.2) is 303 Å². The summed E-state index contributed by atoms with van der Waals surface area (Å²) >= 11 is 1.94. The monoisotopic (exact) mass is 1290 g/mol. The van der Waals surface area contributed by atoms with Crippen molar-refractivity contribution in [3.63, 3.8) is 0 Å². The fourth-order valence-electron chi connectivity index (χ4n) is 16.9. The maximum Gasteiger partial charge on any atom is 0.254 e. The van der Waals surface area contributed by atoms with Crippen LogP contribution in [-0.2, 0) is 10.8 Å². The standard InChI is InChI=1S/C92H68BN5S/c1-91(2,3)59-45-49-79-70(51-59)71-52-60(92(4,5)6)46-50-80(71)95(79)62-54-83-88-84(55-62)98(74-39-21-14-32-64(74)58-29-11-8-12-30-58)85-56-82(96-77-42-24-17-35-67(77)68-36-18-25-43-78(68)96)87-69-37-19-26-44-86(69)99-90(87)89(85)93(88)72-48-47-61(94-75-40-22-15-33-65(75)66-34-16-23-41-76(66)94)53-81(72)97(83)73-38-20-13-31-63(73)57-27-9-7-10-28-57/h7-56H,1-6H3. The third kappa shape index (κ3) is 8.54. The quantitative estimate of drug-likeness (QED) is 0.148. The molecule has 0 aliphatic carbocycles. The van der Waals surface area contributed by atoms with Gasteiger partial charge in [-0.05, 0) is 147 Å². The Morgan fingerprint density at radius 1 is 0.283 bits per heavy atom. The Labute approximate surface area is 580 Å². The molecule has 2 aliphatic heterocycles. The zero-order chi connectivity index (χ0) is 66.2. The van der Waals surface area contributed by atoms with Crippen LogP contribution in [0.25, 0.3) is 125 Å². The summed E-state index contributed by atoms with van der Waals surface area (Å²) in [6, 6.07) is 115. The number of rotatable bonds is 7. The van der Waals surface area contributed by atoms with Crippen LogP contribution < -0.4 is 26.2 Å². The molecule has 0 bridgehead atoms. The second-order valence-electron chi connectivity index (χ2n) is 29.2. The average Bonchev–Trinajstić information content (AvgIpc) is 1.62. The van der Waals surface area contributed by atoms with E-state index in [9.17, 15) is 0 Å². The van der Waals surface area contributed by atoms with Crippen molar-refractivity contribution in [3.8, 4) is 39.3 Å². The molecule has 5 nitrogen and oxygen atoms in total. The molecule has 0 fully saturated rings. The van der Waals surface area contributed by atoms with Gasteiger partial charge in [-0.15, -0.1) is 11.3 Å². The van der Waals surface area contributed by atoms with Gasteiger partial charge < -0.3 is 23.5 Å². The van der Waals surface area contributed by atoms with Gasteiger partial charge in [0.1, 0.15) is 0 Å². The van der Waals surface area contributed by atoms with E-state index in [1.807, 2.05) is 11.3 Å². The number of thiophene rings is 1. The smallest absolute Gasteiger partial charge is 0.254 e. The van der Waals surface area contributed by atoms with Gasteiger partial charge >= 0.3 is 0 Å². The number of aromatic nitrogens is 3. The zero-order valence-corrected chi connectivity index (χ0v) is 56.9. The van der Waals surface area contributed by atoms with Crippen LogP contribution in [0.2, 0.25) is 0 Å². The molecular weight excluding hydrogens is 1220 g/mol. The first kappa shape index (κ1) is 57.6. The number of nitrogens with zero attached hydrogens (tertiary/aromatic N) is 5. The number of fused-ring (bicyclic) bond motifs is 17. The van der Waals surface area contributed by atoms with Gasteiger partial charge in [0.2, 0.25) is 0 Å². The van der Waals surface area contributed by atoms with Crippen molar-refractivity contribution < 1.29 is 0 Å². The topological polar surface area (TPSA) is 21.3 Å². The lowest BCUT2D eigenvalue weighted by Crippen LogP contribution is -2.61. The van der Waals surface area contributed by atoms with Gasteiger partial charge in [0, 0.05) is 92.1 Å². The summed E-state index contributed by atoms with van der Waals surface area (Å²) < 4.78 is 10.2. The Morgan fingerprint density at radius 3 is 1.20 bits per heavy atom. The highest BCUT2D eigenvalue weighted by atomic mass is 32.1. The molecule has 2 aliphatic rings. The third-order valence-corrected chi connectivity index (χ3v) is 22.7. The van der Waals surface area contributed by atoms with E-state index < -0.39 is 0 Å². The lowest BCUT2D eigenvalue weighted by atomic mass is 9.33. The van der Waals surface area contributed by atoms with E-state index in [1.165, 1.54) is 113 Å². The van der Waals surface area contributed by atoms with Gasteiger partial charge in [-0.2, -0.15) is 0 Å². The van der Waals surface area contributed by atoms with Gasteiger partial charge in [0.05, 0.1) is 55.8 Å². The zero-order valence-electron chi connectivity index (χ0n) is 56.1. The predicted molar refractivity (Wildman–Crippen MR) is 425 cm³/mol. The Balaban J connectivity index is 0.997. The van der Waals surface area contributed by atoms with Crippen LogP contribution >= 0.6 is 11.3 Å². The van der Waals surface area contributed by atoms with E-state index in [0.29, 0.717) is 0 Å². The van der Waals surface area contributed by atoms with Crippen LogP contribution in [0.4, 0.5) is 34.1 Å². The first-order valence-electron chi connectivity index (χ1n) is 34.7. The molecule has 0 N–H and O–H groups in total. The fourth-order valence-corrected chi connectivity index (χ4v) is 18.2. The fraction of sp³-hybridized carbons (Fsp3) is 0.0870. The molecule has 6 heterocycles. The van der Waals surface area contributed by atoms with Crippen LogP contribution in [0.3, 0.4) is 0 Å². The highest BCUT2D eigenvalue weighted by Crippen LogP contribution is 2.54. The molecular formula is C92H68BN5S. The molecule has 18 aromatic rings. The lowest BCUT2D eigenvalue weighted by molar-refractivity contribution is 0.590. The molecule has 0 saturated heterocycles. The summed E-state index contributed by atoms with van der Waals surface area (Å²) in [4.78, 5) is 5.36. The van der Waals surface area contributed by atoms with Crippen molar-refractivity contribution in [1.29, 1.82) is 0 Å². The highest BCUT2D eigenvalue weighted by molar-refractivity contribution is 7.28. The highest BCUT2D eigenvalue weighted by Gasteiger charge is 2.47. The third-order valence-electron chi connectivity index (χ3n) is 21.5. The second kappa shape index (κ2) is 21.4. The minimum atomic E-state index is -0.258. The molecule has 99 heavy (non-hydrogen) atoms. The van der Waals surface area contributed by atoms with Crippen molar-refractivity contribution in [2.24, 2.45) is 0 Å². The van der Waals surface area contributed by atoms with Crippen LogP contribution in [0.1, 0.15) is 52.7 Å². The number of hydrogen-bond acceptors (Lipinski definition) is 3. The molecule has 4 aromatic heterocycles. The number of hydrogen-bond donors (Lipinski definition) is 0. The van der Waals surface area contributed by atoms with Crippen LogP contribution in [-0.4, -0.2) is 20.4 Å². The van der Waals surface area contributed by atoms with Crippen molar-refractivity contribution in [2.45, 2.75) is 52.4 Å². The molecule has 0 spiro atoms.